The molecule has 9 nitrogen and oxygen atoms in total. The van der Waals surface area contributed by atoms with Crippen LogP contribution in [-0.2, 0) is 24.9 Å². The van der Waals surface area contributed by atoms with Gasteiger partial charge in [-0.3, -0.25) is 19.6 Å². The Morgan fingerprint density at radius 1 is 1.36 bits per heavy atom. The third-order valence-corrected chi connectivity index (χ3v) is 4.07. The number of carbonyl (C=O) groups excluding carboxylic acids is 1. The molecule has 0 radical (unpaired) electrons. The summed E-state index contributed by atoms with van der Waals surface area (Å²) in [4.78, 5) is 28.6. The van der Waals surface area contributed by atoms with Crippen molar-refractivity contribution in [2.24, 2.45) is 7.05 Å². The van der Waals surface area contributed by atoms with Gasteiger partial charge in [0.05, 0.1) is 22.5 Å². The number of fused-ring (bicyclic) bond motifs is 1. The molecule has 2 aromatic heterocycles. The highest BCUT2D eigenvalue weighted by Gasteiger charge is 2.15. The van der Waals surface area contributed by atoms with E-state index >= 15 is 0 Å². The van der Waals surface area contributed by atoms with Crippen LogP contribution in [0.2, 0.25) is 0 Å². The average molecular weight is 342 g/mol. The van der Waals surface area contributed by atoms with Crippen LogP contribution in [0.1, 0.15) is 12.2 Å². The van der Waals surface area contributed by atoms with Crippen molar-refractivity contribution in [3.8, 4) is 0 Å². The number of imidazole rings is 1. The Bertz CT molecular complexity index is 929. The highest BCUT2D eigenvalue weighted by Crippen LogP contribution is 2.15. The summed E-state index contributed by atoms with van der Waals surface area (Å²) in [7, 11) is 3.64. The monoisotopic (exact) mass is 342 g/mol. The van der Waals surface area contributed by atoms with Crippen LogP contribution in [-0.4, -0.2) is 42.1 Å². The normalized spacial score (nSPS) is 11.0. The fourth-order valence-corrected chi connectivity index (χ4v) is 2.61. The molecule has 0 aliphatic heterocycles. The Morgan fingerprint density at radius 2 is 2.12 bits per heavy atom. The van der Waals surface area contributed by atoms with Crippen molar-refractivity contribution in [3.05, 3.63) is 52.6 Å². The topological polar surface area (TPSA) is 99.1 Å². The summed E-state index contributed by atoms with van der Waals surface area (Å²) in [6.07, 6.45) is 2.70. The predicted molar refractivity (Wildman–Crippen MR) is 90.7 cm³/mol. The van der Waals surface area contributed by atoms with E-state index < -0.39 is 4.92 Å². The molecule has 1 amide bonds. The fraction of sp³-hybridized carbons (Fsp3) is 0.312. The number of aryl methyl sites for hydroxylation is 2. The fourth-order valence-electron chi connectivity index (χ4n) is 2.61. The molecule has 0 N–H and O–H groups in total. The summed E-state index contributed by atoms with van der Waals surface area (Å²) in [6.45, 7) is 0.683. The molecule has 0 aliphatic carbocycles. The first-order valence-electron chi connectivity index (χ1n) is 7.77. The Balaban J connectivity index is 1.61. The summed E-state index contributed by atoms with van der Waals surface area (Å²) >= 11 is 0. The second-order valence-electron chi connectivity index (χ2n) is 5.79. The van der Waals surface area contributed by atoms with Crippen LogP contribution < -0.4 is 0 Å². The van der Waals surface area contributed by atoms with Gasteiger partial charge in [-0.05, 0) is 12.1 Å². The zero-order valence-electron chi connectivity index (χ0n) is 14.0. The number of nitro groups is 1. The molecule has 0 saturated carbocycles. The zero-order valence-corrected chi connectivity index (χ0v) is 14.0. The molecule has 130 valence electrons. The molecule has 25 heavy (non-hydrogen) atoms. The zero-order chi connectivity index (χ0) is 18.0. The second-order valence-corrected chi connectivity index (χ2v) is 5.79. The molecule has 0 spiro atoms. The first-order valence-corrected chi connectivity index (χ1v) is 7.77. The predicted octanol–water partition coefficient (Wildman–Crippen LogP) is 1.73. The molecular formula is C16H18N6O3. The van der Waals surface area contributed by atoms with Crippen molar-refractivity contribution in [2.75, 3.05) is 7.05 Å². The second kappa shape index (κ2) is 6.71. The largest absolute Gasteiger partial charge is 0.338 e. The van der Waals surface area contributed by atoms with E-state index in [-0.39, 0.29) is 18.0 Å². The third kappa shape index (κ3) is 3.49. The molecule has 9 heteroatoms. The lowest BCUT2D eigenvalue weighted by Crippen LogP contribution is -2.28. The number of hydrogen-bond donors (Lipinski definition) is 0. The summed E-state index contributed by atoms with van der Waals surface area (Å²) in [5.41, 5.74) is 1.83. The molecule has 0 saturated heterocycles. The number of rotatable bonds is 6. The highest BCUT2D eigenvalue weighted by atomic mass is 16.6. The van der Waals surface area contributed by atoms with Crippen molar-refractivity contribution in [1.29, 1.82) is 0 Å². The lowest BCUT2D eigenvalue weighted by Gasteiger charge is -2.16. The van der Waals surface area contributed by atoms with Crippen LogP contribution >= 0.6 is 0 Å². The van der Waals surface area contributed by atoms with Gasteiger partial charge in [-0.15, -0.1) is 0 Å². The number of benzene rings is 1. The van der Waals surface area contributed by atoms with Crippen LogP contribution in [0.25, 0.3) is 11.0 Å². The molecule has 0 atom stereocenters. The van der Waals surface area contributed by atoms with Crippen molar-refractivity contribution < 1.29 is 9.72 Å². The van der Waals surface area contributed by atoms with Gasteiger partial charge in [-0.1, -0.05) is 12.1 Å². The molecule has 0 aliphatic rings. The molecular weight excluding hydrogens is 324 g/mol. The molecule has 3 rings (SSSR count). The highest BCUT2D eigenvalue weighted by molar-refractivity contribution is 5.77. The maximum atomic E-state index is 12.3. The summed E-state index contributed by atoms with van der Waals surface area (Å²) in [5.74, 6) is 0.719. The standard InChI is InChI=1S/C16H18N6O3/c1-19(11-15-18-13-5-3-4-6-14(13)20(15)2)16(23)7-8-21-10-12(9-17-21)22(24)25/h3-6,9-10H,7-8,11H2,1-2H3. The average Bonchev–Trinajstić information content (AvgIpc) is 3.19. The van der Waals surface area contributed by atoms with Gasteiger partial charge in [0.15, 0.2) is 0 Å². The lowest BCUT2D eigenvalue weighted by molar-refractivity contribution is -0.385. The first kappa shape index (κ1) is 16.6. The molecule has 2 heterocycles. The Morgan fingerprint density at radius 3 is 2.80 bits per heavy atom. The number of amides is 1. The minimum absolute atomic E-state index is 0.0785. The van der Waals surface area contributed by atoms with Crippen LogP contribution in [0.3, 0.4) is 0 Å². The Kier molecular flexibility index (Phi) is 4.46. The minimum atomic E-state index is -0.511. The van der Waals surface area contributed by atoms with E-state index in [1.807, 2.05) is 35.9 Å². The van der Waals surface area contributed by atoms with Gasteiger partial charge in [0.2, 0.25) is 5.91 Å². The van der Waals surface area contributed by atoms with Crippen LogP contribution in [0.4, 0.5) is 5.69 Å². The van der Waals surface area contributed by atoms with Gasteiger partial charge in [0, 0.05) is 27.1 Å². The number of nitrogens with zero attached hydrogens (tertiary/aromatic N) is 6. The van der Waals surface area contributed by atoms with Crippen molar-refractivity contribution >= 4 is 22.6 Å². The number of carbonyl (C=O) groups is 1. The quantitative estimate of drug-likeness (QED) is 0.502. The van der Waals surface area contributed by atoms with E-state index in [0.29, 0.717) is 13.1 Å². The number of para-hydroxylation sites is 2. The van der Waals surface area contributed by atoms with Crippen LogP contribution in [0.15, 0.2) is 36.7 Å². The summed E-state index contributed by atoms with van der Waals surface area (Å²) < 4.78 is 3.37. The minimum Gasteiger partial charge on any atom is -0.338 e. The van der Waals surface area contributed by atoms with Gasteiger partial charge in [-0.25, -0.2) is 4.98 Å². The van der Waals surface area contributed by atoms with Crippen LogP contribution in [0.5, 0.6) is 0 Å². The molecule has 3 aromatic rings. The maximum Gasteiger partial charge on any atom is 0.306 e. The number of hydrogen-bond acceptors (Lipinski definition) is 5. The van der Waals surface area contributed by atoms with E-state index in [1.54, 1.807) is 11.9 Å². The van der Waals surface area contributed by atoms with E-state index in [9.17, 15) is 14.9 Å². The summed E-state index contributed by atoms with van der Waals surface area (Å²) in [6, 6.07) is 7.80. The Hall–Kier alpha value is -3.23. The van der Waals surface area contributed by atoms with Crippen molar-refractivity contribution in [2.45, 2.75) is 19.5 Å². The van der Waals surface area contributed by atoms with Gasteiger partial charge in [-0.2, -0.15) is 5.10 Å². The smallest absolute Gasteiger partial charge is 0.306 e. The third-order valence-electron chi connectivity index (χ3n) is 4.07. The molecule has 0 unspecified atom stereocenters. The van der Waals surface area contributed by atoms with Gasteiger partial charge in [0.1, 0.15) is 18.2 Å². The van der Waals surface area contributed by atoms with Crippen LogP contribution in [0, 0.1) is 10.1 Å². The van der Waals surface area contributed by atoms with E-state index in [0.717, 1.165) is 16.9 Å². The SMILES string of the molecule is CN(Cc1nc2ccccc2n1C)C(=O)CCn1cc([N+](=O)[O-])cn1. The summed E-state index contributed by atoms with van der Waals surface area (Å²) in [5, 5.41) is 14.5. The van der Waals surface area contributed by atoms with Gasteiger partial charge >= 0.3 is 5.69 Å². The maximum absolute atomic E-state index is 12.3. The van der Waals surface area contributed by atoms with Crippen molar-refractivity contribution in [3.63, 3.8) is 0 Å². The van der Waals surface area contributed by atoms with E-state index in [1.165, 1.54) is 17.1 Å². The number of aromatic nitrogens is 4. The Labute approximate surface area is 143 Å². The van der Waals surface area contributed by atoms with Gasteiger partial charge in [0.25, 0.3) is 0 Å². The molecule has 1 aromatic carbocycles. The molecule has 0 fully saturated rings. The first-order chi connectivity index (χ1) is 12.0. The van der Waals surface area contributed by atoms with Crippen molar-refractivity contribution in [1.82, 2.24) is 24.2 Å². The van der Waals surface area contributed by atoms with E-state index in [4.69, 9.17) is 0 Å². The molecule has 0 bridgehead atoms. The van der Waals surface area contributed by atoms with E-state index in [2.05, 4.69) is 10.1 Å². The lowest BCUT2D eigenvalue weighted by atomic mass is 10.3. The van der Waals surface area contributed by atoms with Gasteiger partial charge < -0.3 is 9.47 Å².